The van der Waals surface area contributed by atoms with Gasteiger partial charge in [0.15, 0.2) is 0 Å². The highest BCUT2D eigenvalue weighted by atomic mass is 35.5. The summed E-state index contributed by atoms with van der Waals surface area (Å²) in [5.41, 5.74) is 0.250. The van der Waals surface area contributed by atoms with Crippen LogP contribution in [0.3, 0.4) is 0 Å². The highest BCUT2D eigenvalue weighted by Gasteiger charge is 2.36. The van der Waals surface area contributed by atoms with Crippen molar-refractivity contribution in [3.8, 4) is 0 Å². The van der Waals surface area contributed by atoms with Crippen LogP contribution in [0, 0.1) is 5.82 Å². The third-order valence-electron chi connectivity index (χ3n) is 4.50. The summed E-state index contributed by atoms with van der Waals surface area (Å²) in [6.45, 7) is 0. The molecule has 3 nitrogen and oxygen atoms in total. The second-order valence-electron chi connectivity index (χ2n) is 5.78. The Labute approximate surface area is 123 Å². The molecule has 2 aliphatic heterocycles. The van der Waals surface area contributed by atoms with Crippen LogP contribution in [-0.4, -0.2) is 36.0 Å². The summed E-state index contributed by atoms with van der Waals surface area (Å²) in [6.07, 6.45) is 4.30. The van der Waals surface area contributed by atoms with Crippen molar-refractivity contribution >= 4 is 17.5 Å². The molecular weight excluding hydrogens is 279 g/mol. The topological polar surface area (TPSA) is 32.3 Å². The summed E-state index contributed by atoms with van der Waals surface area (Å²) in [6, 6.07) is 5.60. The van der Waals surface area contributed by atoms with Crippen LogP contribution in [0.5, 0.6) is 0 Å². The van der Waals surface area contributed by atoms with Gasteiger partial charge in [0.1, 0.15) is 5.82 Å². The minimum atomic E-state index is -0.545. The number of halogens is 2. The molecule has 0 saturated carbocycles. The highest BCUT2D eigenvalue weighted by molar-refractivity contribution is 6.34. The Bertz CT molecular complexity index is 525. The molecule has 2 atom stereocenters. The molecule has 1 amide bonds. The number of rotatable bonds is 2. The monoisotopic (exact) mass is 296 g/mol. The van der Waals surface area contributed by atoms with E-state index in [1.807, 2.05) is 0 Å². The first-order valence-electron chi connectivity index (χ1n) is 7.03. The van der Waals surface area contributed by atoms with Gasteiger partial charge in [0.2, 0.25) is 0 Å². The summed E-state index contributed by atoms with van der Waals surface area (Å²) in [5.74, 6) is -0.739. The molecule has 2 bridgehead atoms. The molecule has 0 radical (unpaired) electrons. The van der Waals surface area contributed by atoms with Crippen molar-refractivity contribution in [2.24, 2.45) is 0 Å². The van der Waals surface area contributed by atoms with E-state index in [1.54, 1.807) is 18.0 Å². The van der Waals surface area contributed by atoms with Gasteiger partial charge in [-0.25, -0.2) is 4.39 Å². The molecule has 1 N–H and O–H groups in total. The Balaban J connectivity index is 1.78. The molecule has 1 aromatic carbocycles. The van der Waals surface area contributed by atoms with E-state index in [0.29, 0.717) is 12.1 Å². The number of nitrogens with one attached hydrogen (secondary N) is 1. The van der Waals surface area contributed by atoms with E-state index in [1.165, 1.54) is 25.0 Å². The zero-order valence-corrected chi connectivity index (χ0v) is 12.2. The summed E-state index contributed by atoms with van der Waals surface area (Å²) in [5, 5.41) is 3.47. The third-order valence-corrected chi connectivity index (χ3v) is 4.88. The van der Waals surface area contributed by atoms with Gasteiger partial charge in [-0.2, -0.15) is 0 Å². The predicted octanol–water partition coefficient (Wildman–Crippen LogP) is 2.83. The number of amides is 1. The molecule has 2 unspecified atom stereocenters. The van der Waals surface area contributed by atoms with Gasteiger partial charge in [-0.05, 0) is 37.8 Å². The summed E-state index contributed by atoms with van der Waals surface area (Å²) in [4.78, 5) is 14.2. The number of carbonyl (C=O) groups excluding carboxylic acids is 1. The van der Waals surface area contributed by atoms with Crippen molar-refractivity contribution in [3.05, 3.63) is 34.6 Å². The number of fused-ring (bicyclic) bond motifs is 2. The number of benzene rings is 1. The molecule has 3 rings (SSSR count). The minimum absolute atomic E-state index is 0.0822. The quantitative estimate of drug-likeness (QED) is 0.910. The average molecular weight is 297 g/mol. The van der Waals surface area contributed by atoms with Crippen LogP contribution >= 0.6 is 11.6 Å². The van der Waals surface area contributed by atoms with Gasteiger partial charge in [-0.15, -0.1) is 0 Å². The van der Waals surface area contributed by atoms with Crippen LogP contribution in [0.25, 0.3) is 0 Å². The van der Waals surface area contributed by atoms with E-state index in [0.717, 1.165) is 12.8 Å². The average Bonchev–Trinajstić information content (AvgIpc) is 2.79. The van der Waals surface area contributed by atoms with Crippen LogP contribution in [-0.2, 0) is 0 Å². The zero-order chi connectivity index (χ0) is 14.3. The van der Waals surface area contributed by atoms with E-state index >= 15 is 0 Å². The first kappa shape index (κ1) is 13.8. The van der Waals surface area contributed by atoms with Crippen molar-refractivity contribution < 1.29 is 9.18 Å². The van der Waals surface area contributed by atoms with Gasteiger partial charge >= 0.3 is 0 Å². The Kier molecular flexibility index (Phi) is 3.69. The molecule has 20 heavy (non-hydrogen) atoms. The van der Waals surface area contributed by atoms with E-state index in [9.17, 15) is 9.18 Å². The lowest BCUT2D eigenvalue weighted by molar-refractivity contribution is 0.0681. The summed E-state index contributed by atoms with van der Waals surface area (Å²) < 4.78 is 13.5. The van der Waals surface area contributed by atoms with Crippen molar-refractivity contribution in [2.75, 3.05) is 7.05 Å². The predicted molar refractivity (Wildman–Crippen MR) is 76.5 cm³/mol. The number of hydrogen-bond acceptors (Lipinski definition) is 2. The number of nitrogens with zero attached hydrogens (tertiary/aromatic N) is 1. The molecular formula is C15H18ClFN2O. The first-order chi connectivity index (χ1) is 9.56. The van der Waals surface area contributed by atoms with Crippen molar-refractivity contribution in [1.82, 2.24) is 10.2 Å². The molecule has 2 heterocycles. The highest BCUT2D eigenvalue weighted by Crippen LogP contribution is 2.30. The smallest absolute Gasteiger partial charge is 0.255 e. The fraction of sp³-hybridized carbons (Fsp3) is 0.533. The fourth-order valence-electron chi connectivity index (χ4n) is 3.37. The molecule has 0 aromatic heterocycles. The lowest BCUT2D eigenvalue weighted by Crippen LogP contribution is -2.48. The largest absolute Gasteiger partial charge is 0.339 e. The van der Waals surface area contributed by atoms with Gasteiger partial charge in [0.25, 0.3) is 5.91 Å². The molecule has 5 heteroatoms. The van der Waals surface area contributed by atoms with Crippen molar-refractivity contribution in [2.45, 2.75) is 43.8 Å². The molecule has 108 valence electrons. The Morgan fingerprint density at radius 1 is 1.35 bits per heavy atom. The van der Waals surface area contributed by atoms with Gasteiger partial charge in [0, 0.05) is 25.2 Å². The Morgan fingerprint density at radius 3 is 2.65 bits per heavy atom. The van der Waals surface area contributed by atoms with E-state index in [4.69, 9.17) is 11.6 Å². The molecule has 2 saturated heterocycles. The number of piperidine rings is 1. The molecule has 2 fully saturated rings. The Morgan fingerprint density at radius 2 is 2.00 bits per heavy atom. The van der Waals surface area contributed by atoms with Gasteiger partial charge in [-0.1, -0.05) is 17.7 Å². The maximum atomic E-state index is 13.5. The number of hydrogen-bond donors (Lipinski definition) is 1. The van der Waals surface area contributed by atoms with Gasteiger partial charge in [-0.3, -0.25) is 4.79 Å². The first-order valence-corrected chi connectivity index (χ1v) is 7.41. The van der Waals surface area contributed by atoms with Crippen LogP contribution < -0.4 is 5.32 Å². The normalized spacial score (nSPS) is 28.4. The summed E-state index contributed by atoms with van der Waals surface area (Å²) in [7, 11) is 1.79. The minimum Gasteiger partial charge on any atom is -0.339 e. The van der Waals surface area contributed by atoms with Gasteiger partial charge in [0.05, 0.1) is 10.6 Å². The number of carbonyl (C=O) groups is 1. The molecule has 2 aliphatic rings. The SMILES string of the molecule is CN(C(=O)c1cccc(F)c1Cl)C1CC2CCC(C1)N2. The lowest BCUT2D eigenvalue weighted by Gasteiger charge is -2.35. The lowest BCUT2D eigenvalue weighted by atomic mass is 9.98. The van der Waals surface area contributed by atoms with E-state index in [-0.39, 0.29) is 22.5 Å². The third kappa shape index (κ3) is 2.42. The van der Waals surface area contributed by atoms with Crippen molar-refractivity contribution in [3.63, 3.8) is 0 Å². The van der Waals surface area contributed by atoms with E-state index in [2.05, 4.69) is 5.32 Å². The fourth-order valence-corrected chi connectivity index (χ4v) is 3.58. The maximum absolute atomic E-state index is 13.5. The second kappa shape index (κ2) is 5.34. The van der Waals surface area contributed by atoms with Gasteiger partial charge < -0.3 is 10.2 Å². The molecule has 0 spiro atoms. The Hall–Kier alpha value is -1.13. The van der Waals surface area contributed by atoms with Crippen LogP contribution in [0.2, 0.25) is 5.02 Å². The standard InChI is InChI=1S/C15H18ClFN2O/c1-19(11-7-9-5-6-10(8-11)18-9)15(20)12-3-2-4-13(17)14(12)16/h2-4,9-11,18H,5-8H2,1H3. The van der Waals surface area contributed by atoms with Crippen LogP contribution in [0.15, 0.2) is 18.2 Å². The van der Waals surface area contributed by atoms with E-state index < -0.39 is 5.82 Å². The molecule has 1 aromatic rings. The summed E-state index contributed by atoms with van der Waals surface area (Å²) >= 11 is 5.91. The second-order valence-corrected chi connectivity index (χ2v) is 6.16. The molecule has 0 aliphatic carbocycles. The van der Waals surface area contributed by atoms with Crippen LogP contribution in [0.1, 0.15) is 36.0 Å². The zero-order valence-electron chi connectivity index (χ0n) is 11.4. The maximum Gasteiger partial charge on any atom is 0.255 e. The van der Waals surface area contributed by atoms with Crippen LogP contribution in [0.4, 0.5) is 4.39 Å². The van der Waals surface area contributed by atoms with Crippen molar-refractivity contribution in [1.29, 1.82) is 0 Å².